The van der Waals surface area contributed by atoms with E-state index in [0.717, 1.165) is 16.9 Å². The second kappa shape index (κ2) is 9.98. The van der Waals surface area contributed by atoms with Gasteiger partial charge in [-0.15, -0.1) is 10.2 Å². The molecule has 2 aromatic carbocycles. The molecule has 2 amide bonds. The Morgan fingerprint density at radius 1 is 1.03 bits per heavy atom. The minimum absolute atomic E-state index is 0.178. The van der Waals surface area contributed by atoms with Gasteiger partial charge in [0.15, 0.2) is 0 Å². The minimum Gasteiger partial charge on any atom is -0.497 e. The first kappa shape index (κ1) is 21.4. The van der Waals surface area contributed by atoms with Crippen molar-refractivity contribution in [3.05, 3.63) is 60.2 Å². The lowest BCUT2D eigenvalue weighted by Crippen LogP contribution is -2.43. The van der Waals surface area contributed by atoms with Gasteiger partial charge in [0.25, 0.3) is 0 Å². The van der Waals surface area contributed by atoms with Gasteiger partial charge in [-0.2, -0.15) is 0 Å². The molecule has 8 heteroatoms. The summed E-state index contributed by atoms with van der Waals surface area (Å²) in [6.45, 7) is 3.60. The zero-order valence-corrected chi connectivity index (χ0v) is 17.9. The van der Waals surface area contributed by atoms with E-state index in [9.17, 15) is 9.59 Å². The Morgan fingerprint density at radius 2 is 1.73 bits per heavy atom. The largest absolute Gasteiger partial charge is 0.497 e. The fraction of sp³-hybridized carbons (Fsp3) is 0.273. The van der Waals surface area contributed by atoms with Crippen molar-refractivity contribution in [2.24, 2.45) is 0 Å². The molecule has 0 saturated heterocycles. The highest BCUT2D eigenvalue weighted by molar-refractivity contribution is 7.18. The second-order valence-corrected chi connectivity index (χ2v) is 7.71. The summed E-state index contributed by atoms with van der Waals surface area (Å²) in [7, 11) is 1.61. The molecular formula is C22H24N4O3S. The minimum atomic E-state index is -0.705. The van der Waals surface area contributed by atoms with Gasteiger partial charge in [0.1, 0.15) is 16.8 Å². The van der Waals surface area contributed by atoms with Crippen LogP contribution in [0.4, 0.5) is 5.13 Å². The summed E-state index contributed by atoms with van der Waals surface area (Å²) in [6, 6.07) is 16.3. The molecule has 0 bridgehead atoms. The Morgan fingerprint density at radius 3 is 2.37 bits per heavy atom. The Kier molecular flexibility index (Phi) is 7.13. The van der Waals surface area contributed by atoms with Crippen molar-refractivity contribution < 1.29 is 14.3 Å². The number of rotatable bonds is 8. The van der Waals surface area contributed by atoms with E-state index in [0.29, 0.717) is 16.6 Å². The van der Waals surface area contributed by atoms with Crippen LogP contribution in [-0.4, -0.2) is 35.2 Å². The molecule has 3 aromatic rings. The van der Waals surface area contributed by atoms with E-state index >= 15 is 0 Å². The summed E-state index contributed by atoms with van der Waals surface area (Å²) in [5.74, 6) is -0.0712. The van der Waals surface area contributed by atoms with Crippen molar-refractivity contribution in [2.75, 3.05) is 12.4 Å². The number of hydrogen-bond donors (Lipinski definition) is 2. The molecule has 2 atom stereocenters. The van der Waals surface area contributed by atoms with Gasteiger partial charge >= 0.3 is 0 Å². The van der Waals surface area contributed by atoms with Crippen molar-refractivity contribution in [1.29, 1.82) is 0 Å². The van der Waals surface area contributed by atoms with Crippen LogP contribution in [0.25, 0.3) is 10.6 Å². The van der Waals surface area contributed by atoms with Crippen molar-refractivity contribution in [3.8, 4) is 16.3 Å². The van der Waals surface area contributed by atoms with Gasteiger partial charge in [0.2, 0.25) is 16.9 Å². The summed E-state index contributed by atoms with van der Waals surface area (Å²) in [4.78, 5) is 25.2. The van der Waals surface area contributed by atoms with E-state index in [1.54, 1.807) is 14.0 Å². The van der Waals surface area contributed by atoms with Crippen LogP contribution < -0.4 is 15.4 Å². The van der Waals surface area contributed by atoms with E-state index in [2.05, 4.69) is 20.8 Å². The molecule has 0 spiro atoms. The molecule has 0 aliphatic rings. The average Bonchev–Trinajstić information content (AvgIpc) is 3.23. The summed E-state index contributed by atoms with van der Waals surface area (Å²) >= 11 is 1.26. The van der Waals surface area contributed by atoms with Crippen molar-refractivity contribution in [2.45, 2.75) is 32.2 Å². The van der Waals surface area contributed by atoms with Crippen LogP contribution >= 0.6 is 11.3 Å². The maximum absolute atomic E-state index is 12.7. The van der Waals surface area contributed by atoms with Crippen LogP contribution in [0.5, 0.6) is 5.75 Å². The van der Waals surface area contributed by atoms with Crippen LogP contribution in [-0.2, 0) is 9.59 Å². The Labute approximate surface area is 179 Å². The number of amides is 2. The summed E-state index contributed by atoms with van der Waals surface area (Å²) < 4.78 is 5.15. The second-order valence-electron chi connectivity index (χ2n) is 6.73. The number of hydrogen-bond acceptors (Lipinski definition) is 6. The first-order valence-corrected chi connectivity index (χ1v) is 10.5. The van der Waals surface area contributed by atoms with Crippen LogP contribution in [0.15, 0.2) is 54.6 Å². The molecule has 0 aliphatic heterocycles. The fourth-order valence-corrected chi connectivity index (χ4v) is 3.73. The first-order valence-electron chi connectivity index (χ1n) is 9.66. The van der Waals surface area contributed by atoms with Crippen LogP contribution in [0.3, 0.4) is 0 Å². The molecule has 0 aliphatic carbocycles. The highest BCUT2D eigenvalue weighted by Gasteiger charge is 2.23. The SMILES string of the molecule is CC[C@H](C(=O)N[C@H](C)C(=O)Nc1nnc(-c2ccc(OC)cc2)s1)c1ccccc1. The number of methoxy groups -OCH3 is 1. The normalized spacial score (nSPS) is 12.6. The van der Waals surface area contributed by atoms with Gasteiger partial charge in [0, 0.05) is 5.56 Å². The molecule has 1 aromatic heterocycles. The zero-order chi connectivity index (χ0) is 21.5. The lowest BCUT2D eigenvalue weighted by atomic mass is 9.95. The quantitative estimate of drug-likeness (QED) is 0.573. The van der Waals surface area contributed by atoms with Gasteiger partial charge < -0.3 is 10.1 Å². The average molecular weight is 425 g/mol. The first-order chi connectivity index (χ1) is 14.5. The van der Waals surface area contributed by atoms with Crippen LogP contribution in [0.2, 0.25) is 0 Å². The molecule has 30 heavy (non-hydrogen) atoms. The number of ether oxygens (including phenoxy) is 1. The lowest BCUT2D eigenvalue weighted by Gasteiger charge is -2.19. The predicted octanol–water partition coefficient (Wildman–Crippen LogP) is 3.85. The third-order valence-corrected chi connectivity index (χ3v) is 5.56. The highest BCUT2D eigenvalue weighted by Crippen LogP contribution is 2.28. The smallest absolute Gasteiger partial charge is 0.248 e. The number of carbonyl (C=O) groups excluding carboxylic acids is 2. The van der Waals surface area contributed by atoms with Gasteiger partial charge in [0.05, 0.1) is 13.0 Å². The molecule has 7 nitrogen and oxygen atoms in total. The lowest BCUT2D eigenvalue weighted by molar-refractivity contribution is -0.127. The van der Waals surface area contributed by atoms with Gasteiger partial charge in [-0.25, -0.2) is 0 Å². The van der Waals surface area contributed by atoms with Gasteiger partial charge in [-0.3, -0.25) is 14.9 Å². The zero-order valence-electron chi connectivity index (χ0n) is 17.1. The number of benzene rings is 2. The molecule has 1 heterocycles. The Hall–Kier alpha value is -3.26. The molecule has 0 unspecified atom stereocenters. The standard InChI is InChI=1S/C22H24N4O3S/c1-4-18(15-8-6-5-7-9-15)20(28)23-14(2)19(27)24-22-26-25-21(30-22)16-10-12-17(29-3)13-11-16/h5-14,18H,4H2,1-3H3,(H,23,28)(H,24,26,27)/t14-,18+/m1/s1. The van der Waals surface area contributed by atoms with Crippen molar-refractivity contribution in [1.82, 2.24) is 15.5 Å². The number of nitrogens with one attached hydrogen (secondary N) is 2. The third kappa shape index (κ3) is 5.21. The van der Waals surface area contributed by atoms with E-state index in [4.69, 9.17) is 4.74 Å². The Bertz CT molecular complexity index is 989. The maximum atomic E-state index is 12.7. The molecule has 0 radical (unpaired) electrons. The maximum Gasteiger partial charge on any atom is 0.248 e. The number of carbonyl (C=O) groups is 2. The Balaban J connectivity index is 1.60. The summed E-state index contributed by atoms with van der Waals surface area (Å²) in [5, 5.41) is 14.7. The monoisotopic (exact) mass is 424 g/mol. The van der Waals surface area contributed by atoms with Gasteiger partial charge in [-0.05, 0) is 43.2 Å². The number of anilines is 1. The predicted molar refractivity (Wildman–Crippen MR) is 118 cm³/mol. The van der Waals surface area contributed by atoms with E-state index in [1.165, 1.54) is 11.3 Å². The topological polar surface area (TPSA) is 93.2 Å². The fourth-order valence-electron chi connectivity index (χ4n) is 2.97. The highest BCUT2D eigenvalue weighted by atomic mass is 32.1. The molecular weight excluding hydrogens is 400 g/mol. The van der Waals surface area contributed by atoms with Crippen molar-refractivity contribution >= 4 is 28.3 Å². The third-order valence-electron chi connectivity index (χ3n) is 4.67. The van der Waals surface area contributed by atoms with E-state index < -0.39 is 6.04 Å². The molecule has 3 rings (SSSR count). The molecule has 2 N–H and O–H groups in total. The number of aromatic nitrogens is 2. The van der Waals surface area contributed by atoms with E-state index in [1.807, 2.05) is 61.5 Å². The van der Waals surface area contributed by atoms with E-state index in [-0.39, 0.29) is 17.7 Å². The van der Waals surface area contributed by atoms with Gasteiger partial charge in [-0.1, -0.05) is 48.6 Å². The number of nitrogens with zero attached hydrogens (tertiary/aromatic N) is 2. The molecule has 0 fully saturated rings. The summed E-state index contributed by atoms with van der Waals surface area (Å²) in [5.41, 5.74) is 1.81. The van der Waals surface area contributed by atoms with Crippen LogP contribution in [0.1, 0.15) is 31.7 Å². The molecule has 0 saturated carbocycles. The summed E-state index contributed by atoms with van der Waals surface area (Å²) in [6.07, 6.45) is 0.645. The van der Waals surface area contributed by atoms with Crippen molar-refractivity contribution in [3.63, 3.8) is 0 Å². The van der Waals surface area contributed by atoms with Crippen LogP contribution in [0, 0.1) is 0 Å². The molecule has 156 valence electrons.